The van der Waals surface area contributed by atoms with Gasteiger partial charge in [0.05, 0.1) is 24.5 Å². The van der Waals surface area contributed by atoms with Crippen molar-refractivity contribution in [2.24, 2.45) is 11.8 Å². The Kier molecular flexibility index (Phi) is 7.16. The van der Waals surface area contributed by atoms with Crippen LogP contribution >= 0.6 is 23.3 Å². The van der Waals surface area contributed by atoms with Crippen LogP contribution in [0, 0.1) is 11.8 Å². The summed E-state index contributed by atoms with van der Waals surface area (Å²) in [6, 6.07) is 6.90. The van der Waals surface area contributed by atoms with Crippen molar-refractivity contribution in [3.8, 4) is 11.4 Å². The van der Waals surface area contributed by atoms with E-state index in [1.54, 1.807) is 18.5 Å². The fraction of sp³-hybridized carbons (Fsp3) is 0.440. The van der Waals surface area contributed by atoms with E-state index in [0.717, 1.165) is 31.0 Å². The van der Waals surface area contributed by atoms with Crippen LogP contribution in [0.1, 0.15) is 29.4 Å². The molecule has 0 unspecified atom stereocenters. The summed E-state index contributed by atoms with van der Waals surface area (Å²) in [5.74, 6) is 0.334. The molecule has 4 heterocycles. The molecule has 36 heavy (non-hydrogen) atoms. The number of aromatic nitrogens is 3. The van der Waals surface area contributed by atoms with Gasteiger partial charge in [0, 0.05) is 48.9 Å². The Labute approximate surface area is 218 Å². The van der Waals surface area contributed by atoms with Crippen LogP contribution in [0.3, 0.4) is 0 Å². The van der Waals surface area contributed by atoms with Gasteiger partial charge in [-0.25, -0.2) is 4.98 Å². The summed E-state index contributed by atoms with van der Waals surface area (Å²) in [6.45, 7) is 3.87. The summed E-state index contributed by atoms with van der Waals surface area (Å²) in [6.07, 6.45) is 6.39. The maximum atomic E-state index is 12.9. The predicted octanol–water partition coefficient (Wildman–Crippen LogP) is 3.44. The minimum Gasteiger partial charge on any atom is -0.382 e. The SMILES string of the molecule is COC[C@H](NC(=O)c1ccn(SC)c1)C(=O)Nc1nc(-c2cccc([C@]34CCOC[C@H]3[C@H]4C)n2)cs1. The molecular weight excluding hydrogens is 498 g/mol. The van der Waals surface area contributed by atoms with Crippen molar-refractivity contribution in [1.82, 2.24) is 19.3 Å². The highest BCUT2D eigenvalue weighted by Crippen LogP contribution is 2.63. The highest BCUT2D eigenvalue weighted by molar-refractivity contribution is 7.97. The maximum Gasteiger partial charge on any atom is 0.253 e. The Balaban J connectivity index is 1.27. The second kappa shape index (κ2) is 10.3. The lowest BCUT2D eigenvalue weighted by Gasteiger charge is -2.22. The molecule has 0 bridgehead atoms. The minimum atomic E-state index is -0.866. The summed E-state index contributed by atoms with van der Waals surface area (Å²) in [5.41, 5.74) is 3.15. The Hall–Kier alpha value is -2.73. The number of carbonyl (C=O) groups excluding carboxylic acids is 2. The first-order valence-corrected chi connectivity index (χ1v) is 13.9. The molecule has 3 aromatic heterocycles. The van der Waals surface area contributed by atoms with Gasteiger partial charge in [0.15, 0.2) is 5.13 Å². The second-order valence-electron chi connectivity index (χ2n) is 9.12. The smallest absolute Gasteiger partial charge is 0.253 e. The Bertz CT molecular complexity index is 1260. The van der Waals surface area contributed by atoms with Gasteiger partial charge in [-0.05, 0) is 48.4 Å². The Morgan fingerprint density at radius 2 is 2.19 bits per heavy atom. The topological polar surface area (TPSA) is 107 Å². The number of methoxy groups -OCH3 is 1. The van der Waals surface area contributed by atoms with Gasteiger partial charge in [0.2, 0.25) is 0 Å². The van der Waals surface area contributed by atoms with Crippen LogP contribution in [0.5, 0.6) is 0 Å². The van der Waals surface area contributed by atoms with Crippen molar-refractivity contribution >= 4 is 40.2 Å². The van der Waals surface area contributed by atoms with Gasteiger partial charge in [-0.3, -0.25) is 18.5 Å². The van der Waals surface area contributed by atoms with E-state index in [2.05, 4.69) is 28.6 Å². The molecule has 0 aromatic carbocycles. The van der Waals surface area contributed by atoms with Crippen LogP contribution in [0.2, 0.25) is 0 Å². The molecule has 0 radical (unpaired) electrons. The molecule has 2 aliphatic rings. The number of nitrogens with zero attached hydrogens (tertiary/aromatic N) is 3. The van der Waals surface area contributed by atoms with E-state index in [0.29, 0.717) is 28.2 Å². The lowest BCUT2D eigenvalue weighted by atomic mass is 9.91. The molecule has 9 nitrogen and oxygen atoms in total. The van der Waals surface area contributed by atoms with E-state index < -0.39 is 11.9 Å². The van der Waals surface area contributed by atoms with Gasteiger partial charge in [-0.15, -0.1) is 11.3 Å². The number of carbonyl (C=O) groups is 2. The molecular formula is C25H29N5O4S2. The number of pyridine rings is 1. The number of rotatable bonds is 9. The average Bonchev–Trinajstić information content (AvgIpc) is 3.27. The number of thiazole rings is 1. The summed E-state index contributed by atoms with van der Waals surface area (Å²) in [4.78, 5) is 35.1. The molecule has 5 rings (SSSR count). The summed E-state index contributed by atoms with van der Waals surface area (Å²) < 4.78 is 12.7. The van der Waals surface area contributed by atoms with Gasteiger partial charge in [0.1, 0.15) is 11.7 Å². The Morgan fingerprint density at radius 3 is 2.94 bits per heavy atom. The monoisotopic (exact) mass is 527 g/mol. The number of anilines is 1. The second-order valence-corrected chi connectivity index (χ2v) is 10.8. The maximum absolute atomic E-state index is 12.9. The van der Waals surface area contributed by atoms with Gasteiger partial charge in [0.25, 0.3) is 11.8 Å². The largest absolute Gasteiger partial charge is 0.382 e. The quantitative estimate of drug-likeness (QED) is 0.439. The van der Waals surface area contributed by atoms with Gasteiger partial charge in [-0.1, -0.05) is 13.0 Å². The van der Waals surface area contributed by atoms with Gasteiger partial charge < -0.3 is 20.1 Å². The zero-order chi connectivity index (χ0) is 25.3. The lowest BCUT2D eigenvalue weighted by Crippen LogP contribution is -2.46. The molecule has 2 fully saturated rings. The van der Waals surface area contributed by atoms with Crippen molar-refractivity contribution in [2.45, 2.75) is 24.8 Å². The molecule has 0 spiro atoms. The highest BCUT2D eigenvalue weighted by atomic mass is 32.2. The minimum absolute atomic E-state index is 0.0355. The molecule has 1 saturated heterocycles. The van der Waals surface area contributed by atoms with Crippen molar-refractivity contribution in [2.75, 3.05) is 38.5 Å². The first kappa shape index (κ1) is 24.9. The molecule has 2 amide bonds. The van der Waals surface area contributed by atoms with Crippen molar-refractivity contribution in [3.63, 3.8) is 0 Å². The van der Waals surface area contributed by atoms with E-state index in [4.69, 9.17) is 14.5 Å². The molecule has 11 heteroatoms. The first-order valence-electron chi connectivity index (χ1n) is 11.8. The van der Waals surface area contributed by atoms with Crippen LogP contribution in [-0.2, 0) is 19.7 Å². The van der Waals surface area contributed by atoms with E-state index in [1.807, 2.05) is 27.7 Å². The number of ether oxygens (including phenoxy) is 2. The molecule has 1 saturated carbocycles. The molecule has 2 N–H and O–H groups in total. The molecule has 190 valence electrons. The molecule has 3 aromatic rings. The zero-order valence-corrected chi connectivity index (χ0v) is 22.0. The normalized spacial score (nSPS) is 23.5. The summed E-state index contributed by atoms with van der Waals surface area (Å²) in [5, 5.41) is 7.87. The Morgan fingerprint density at radius 1 is 1.33 bits per heavy atom. The van der Waals surface area contributed by atoms with Crippen molar-refractivity contribution < 1.29 is 19.1 Å². The number of hydrogen-bond donors (Lipinski definition) is 2. The van der Waals surface area contributed by atoms with E-state index in [-0.39, 0.29) is 17.9 Å². The molecule has 1 aliphatic carbocycles. The number of fused-ring (bicyclic) bond motifs is 1. The van der Waals surface area contributed by atoms with Crippen LogP contribution in [0.15, 0.2) is 42.0 Å². The van der Waals surface area contributed by atoms with Crippen LogP contribution in [0.4, 0.5) is 5.13 Å². The molecule has 4 atom stereocenters. The summed E-state index contributed by atoms with van der Waals surface area (Å²) in [7, 11) is 1.49. The number of amides is 2. The van der Waals surface area contributed by atoms with Crippen molar-refractivity contribution in [1.29, 1.82) is 0 Å². The third-order valence-electron chi connectivity index (χ3n) is 7.24. The van der Waals surface area contributed by atoms with Crippen molar-refractivity contribution in [3.05, 3.63) is 53.3 Å². The predicted molar refractivity (Wildman–Crippen MR) is 140 cm³/mol. The number of hydrogen-bond acceptors (Lipinski definition) is 8. The van der Waals surface area contributed by atoms with Gasteiger partial charge >= 0.3 is 0 Å². The zero-order valence-electron chi connectivity index (χ0n) is 20.4. The molecule has 1 aliphatic heterocycles. The summed E-state index contributed by atoms with van der Waals surface area (Å²) >= 11 is 2.79. The highest BCUT2D eigenvalue weighted by Gasteiger charge is 2.64. The van der Waals surface area contributed by atoms with E-state index >= 15 is 0 Å². The van der Waals surface area contributed by atoms with E-state index in [1.165, 1.54) is 30.4 Å². The standard InChI is InChI=1S/C25H29N5O4S2/c1-15-17-12-34-10-8-25(15,17)21-6-4-5-18(26-21)20-14-36-24(28-20)29-23(32)19(13-33-2)27-22(31)16-7-9-30(11-16)35-3/h4-7,9,11,14-15,17,19H,8,10,12-13H2,1-3H3,(H,27,31)(H,28,29,32)/t15-,17+,19+,25+/m1/s1. The van der Waals surface area contributed by atoms with E-state index in [9.17, 15) is 9.59 Å². The number of nitrogens with one attached hydrogen (secondary N) is 2. The lowest BCUT2D eigenvalue weighted by molar-refractivity contribution is -0.119. The van der Waals surface area contributed by atoms with Gasteiger partial charge in [-0.2, -0.15) is 0 Å². The third-order valence-corrected chi connectivity index (χ3v) is 8.65. The van der Waals surface area contributed by atoms with Crippen LogP contribution in [-0.4, -0.2) is 65.0 Å². The average molecular weight is 528 g/mol. The van der Waals surface area contributed by atoms with Crippen LogP contribution < -0.4 is 10.6 Å². The fourth-order valence-corrected chi connectivity index (χ4v) is 6.24. The van der Waals surface area contributed by atoms with Crippen LogP contribution in [0.25, 0.3) is 11.4 Å². The third kappa shape index (κ3) is 4.68. The first-order chi connectivity index (χ1) is 17.5. The fourth-order valence-electron chi connectivity index (χ4n) is 5.13.